The van der Waals surface area contributed by atoms with Gasteiger partial charge in [-0.05, 0) is 43.7 Å². The number of carbonyl (C=O) groups excluding carboxylic acids is 1. The number of aryl methyl sites for hydroxylation is 1. The molecule has 0 saturated carbocycles. The van der Waals surface area contributed by atoms with E-state index in [4.69, 9.17) is 0 Å². The lowest BCUT2D eigenvalue weighted by Crippen LogP contribution is -2.16. The summed E-state index contributed by atoms with van der Waals surface area (Å²) in [7, 11) is 0. The highest BCUT2D eigenvalue weighted by Gasteiger charge is 2.36. The molecule has 1 amide bonds. The van der Waals surface area contributed by atoms with Crippen molar-refractivity contribution in [3.63, 3.8) is 0 Å². The van der Waals surface area contributed by atoms with Crippen LogP contribution in [0.15, 0.2) is 36.5 Å². The number of nitrogens with zero attached hydrogens (tertiary/aromatic N) is 4. The van der Waals surface area contributed by atoms with E-state index in [9.17, 15) is 23.2 Å². The van der Waals surface area contributed by atoms with Gasteiger partial charge in [-0.1, -0.05) is 36.8 Å². The lowest BCUT2D eigenvalue weighted by molar-refractivity contribution is -0.142. The van der Waals surface area contributed by atoms with Crippen LogP contribution in [-0.2, 0) is 19.0 Å². The number of amides is 1. The molecule has 0 aliphatic heterocycles. The number of fused-ring (bicyclic) bond motifs is 2. The molecule has 35 heavy (non-hydrogen) atoms. The van der Waals surface area contributed by atoms with E-state index in [1.807, 2.05) is 6.92 Å². The molecule has 6 nitrogen and oxygen atoms in total. The van der Waals surface area contributed by atoms with Crippen LogP contribution in [0, 0.1) is 24.2 Å². The lowest BCUT2D eigenvalue weighted by Gasteiger charge is -2.17. The Hall–Kier alpha value is -3.71. The molecule has 1 unspecified atom stereocenters. The summed E-state index contributed by atoms with van der Waals surface area (Å²) in [6.07, 6.45) is -1.08. The highest BCUT2D eigenvalue weighted by Crippen LogP contribution is 2.39. The van der Waals surface area contributed by atoms with E-state index in [1.165, 1.54) is 11.3 Å². The zero-order chi connectivity index (χ0) is 24.9. The quantitative estimate of drug-likeness (QED) is 0.376. The van der Waals surface area contributed by atoms with Crippen LogP contribution >= 0.6 is 11.3 Å². The molecule has 0 bridgehead atoms. The molecule has 0 spiro atoms. The van der Waals surface area contributed by atoms with Gasteiger partial charge in [0, 0.05) is 10.4 Å². The first-order valence-corrected chi connectivity index (χ1v) is 11.9. The van der Waals surface area contributed by atoms with Gasteiger partial charge in [0.15, 0.2) is 11.3 Å². The molecular weight excluding hydrogens is 475 g/mol. The molecule has 4 aromatic rings. The number of anilines is 1. The molecule has 0 fully saturated rings. The van der Waals surface area contributed by atoms with Gasteiger partial charge in [-0.25, -0.2) is 9.50 Å². The second-order valence-corrected chi connectivity index (χ2v) is 9.91. The number of aromatic nitrogens is 3. The fourth-order valence-electron chi connectivity index (χ4n) is 4.32. The van der Waals surface area contributed by atoms with Crippen LogP contribution in [0.25, 0.3) is 16.9 Å². The fourth-order valence-corrected chi connectivity index (χ4v) is 5.68. The van der Waals surface area contributed by atoms with Gasteiger partial charge in [-0.2, -0.15) is 23.5 Å². The topological polar surface area (TPSA) is 83.1 Å². The Labute approximate surface area is 203 Å². The van der Waals surface area contributed by atoms with Gasteiger partial charge in [0.2, 0.25) is 0 Å². The summed E-state index contributed by atoms with van der Waals surface area (Å²) in [6, 6.07) is 10.0. The van der Waals surface area contributed by atoms with Crippen LogP contribution in [0.2, 0.25) is 0 Å². The fraction of sp³-hybridized carbons (Fsp3) is 0.280. The number of thiophene rings is 1. The largest absolute Gasteiger partial charge is 0.433 e. The number of alkyl halides is 3. The Kier molecular flexibility index (Phi) is 5.60. The van der Waals surface area contributed by atoms with Gasteiger partial charge in [-0.3, -0.25) is 4.79 Å². The van der Waals surface area contributed by atoms with Crippen LogP contribution in [0.1, 0.15) is 51.0 Å². The maximum absolute atomic E-state index is 13.9. The average Bonchev–Trinajstić information content (AvgIpc) is 3.38. The highest BCUT2D eigenvalue weighted by molar-refractivity contribution is 7.16. The van der Waals surface area contributed by atoms with Crippen molar-refractivity contribution >= 4 is 27.9 Å². The maximum atomic E-state index is 13.9. The maximum Gasteiger partial charge on any atom is 0.433 e. The molecule has 10 heteroatoms. The summed E-state index contributed by atoms with van der Waals surface area (Å²) < 4.78 is 42.3. The standard InChI is InChI=1S/C25H20F3N5OS/c1-13-3-6-15(7-4-13)19-10-21(25(26,27)28)33-22(31-19)18(12-30-33)23(34)32-24-17(11-29)16-8-5-14(2)9-20(16)35-24/h3-4,6-7,10,12,14H,5,8-9H2,1-2H3,(H,32,34). The van der Waals surface area contributed by atoms with Crippen molar-refractivity contribution in [2.75, 3.05) is 5.32 Å². The van der Waals surface area contributed by atoms with E-state index >= 15 is 0 Å². The Morgan fingerprint density at radius 1 is 1.29 bits per heavy atom. The van der Waals surface area contributed by atoms with Crippen molar-refractivity contribution in [3.8, 4) is 17.3 Å². The third-order valence-corrected chi connectivity index (χ3v) is 7.37. The minimum absolute atomic E-state index is 0.0812. The number of hydrogen-bond donors (Lipinski definition) is 1. The van der Waals surface area contributed by atoms with E-state index in [1.54, 1.807) is 24.3 Å². The molecule has 1 atom stereocenters. The zero-order valence-electron chi connectivity index (χ0n) is 18.9. The number of halogens is 3. The van der Waals surface area contributed by atoms with Crippen molar-refractivity contribution in [1.29, 1.82) is 5.26 Å². The molecule has 3 aromatic heterocycles. The van der Waals surface area contributed by atoms with Crippen LogP contribution < -0.4 is 5.32 Å². The van der Waals surface area contributed by atoms with E-state index in [-0.39, 0.29) is 16.9 Å². The Bertz CT molecular complexity index is 1490. The Balaban J connectivity index is 1.58. The van der Waals surface area contributed by atoms with Crippen LogP contribution in [0.5, 0.6) is 0 Å². The summed E-state index contributed by atoms with van der Waals surface area (Å²) >= 11 is 1.35. The Morgan fingerprint density at radius 3 is 2.71 bits per heavy atom. The summed E-state index contributed by atoms with van der Waals surface area (Å²) in [4.78, 5) is 18.6. The molecule has 1 N–H and O–H groups in total. The molecule has 178 valence electrons. The van der Waals surface area contributed by atoms with Crippen LogP contribution in [0.3, 0.4) is 0 Å². The first kappa shape index (κ1) is 23.1. The number of nitriles is 1. The van der Waals surface area contributed by atoms with Crippen LogP contribution in [0.4, 0.5) is 18.2 Å². The molecule has 0 radical (unpaired) electrons. The van der Waals surface area contributed by atoms with Gasteiger partial charge in [-0.15, -0.1) is 11.3 Å². The van der Waals surface area contributed by atoms with E-state index in [0.717, 1.165) is 47.5 Å². The first-order valence-electron chi connectivity index (χ1n) is 11.0. The number of nitrogens with one attached hydrogen (secondary N) is 1. The predicted molar refractivity (Wildman–Crippen MR) is 126 cm³/mol. The van der Waals surface area contributed by atoms with Gasteiger partial charge in [0.1, 0.15) is 16.6 Å². The lowest BCUT2D eigenvalue weighted by atomic mass is 9.88. The smallest absolute Gasteiger partial charge is 0.312 e. The van der Waals surface area contributed by atoms with Crippen molar-refractivity contribution < 1.29 is 18.0 Å². The predicted octanol–water partition coefficient (Wildman–Crippen LogP) is 6.03. The van der Waals surface area contributed by atoms with E-state index in [0.29, 0.717) is 26.6 Å². The normalized spacial score (nSPS) is 15.6. The monoisotopic (exact) mass is 495 g/mol. The minimum Gasteiger partial charge on any atom is -0.312 e. The van der Waals surface area contributed by atoms with Gasteiger partial charge >= 0.3 is 6.18 Å². The number of hydrogen-bond acceptors (Lipinski definition) is 5. The number of carbonyl (C=O) groups is 1. The van der Waals surface area contributed by atoms with Gasteiger partial charge < -0.3 is 5.32 Å². The molecule has 1 aromatic carbocycles. The molecule has 3 heterocycles. The third-order valence-electron chi connectivity index (χ3n) is 6.20. The molecule has 0 saturated heterocycles. The molecule has 5 rings (SSSR count). The first-order chi connectivity index (χ1) is 16.7. The van der Waals surface area contributed by atoms with Gasteiger partial charge in [0.25, 0.3) is 5.91 Å². The van der Waals surface area contributed by atoms with Crippen molar-refractivity contribution in [2.24, 2.45) is 5.92 Å². The average molecular weight is 496 g/mol. The van der Waals surface area contributed by atoms with Crippen molar-refractivity contribution in [2.45, 2.75) is 39.3 Å². The number of rotatable bonds is 3. The van der Waals surface area contributed by atoms with Crippen molar-refractivity contribution in [3.05, 3.63) is 69.4 Å². The Morgan fingerprint density at radius 2 is 2.03 bits per heavy atom. The molecule has 1 aliphatic rings. The third kappa shape index (κ3) is 4.17. The van der Waals surface area contributed by atoms with E-state index in [2.05, 4.69) is 28.4 Å². The minimum atomic E-state index is -4.71. The molecule has 1 aliphatic carbocycles. The summed E-state index contributed by atoms with van der Waals surface area (Å²) in [5.74, 6) is -0.175. The summed E-state index contributed by atoms with van der Waals surface area (Å²) in [5, 5.41) is 16.7. The van der Waals surface area contributed by atoms with Gasteiger partial charge in [0.05, 0.1) is 17.5 Å². The molecular formula is C25H20F3N5OS. The summed E-state index contributed by atoms with van der Waals surface area (Å²) in [5.41, 5.74) is 1.55. The highest BCUT2D eigenvalue weighted by atomic mass is 32.1. The van der Waals surface area contributed by atoms with Crippen molar-refractivity contribution in [1.82, 2.24) is 14.6 Å². The van der Waals surface area contributed by atoms with E-state index < -0.39 is 17.8 Å². The second kappa shape index (κ2) is 8.50. The summed E-state index contributed by atoms with van der Waals surface area (Å²) in [6.45, 7) is 4.01. The van der Waals surface area contributed by atoms with Crippen LogP contribution in [-0.4, -0.2) is 20.5 Å². The second-order valence-electron chi connectivity index (χ2n) is 8.81. The zero-order valence-corrected chi connectivity index (χ0v) is 19.7. The number of benzene rings is 1. The SMILES string of the molecule is Cc1ccc(-c2cc(C(F)(F)F)n3ncc(C(=O)Nc4sc5c(c4C#N)CCC(C)C5)c3n2)cc1.